The number of ether oxygens (including phenoxy) is 1. The first kappa shape index (κ1) is 25.5. The Hall–Kier alpha value is -1.55. The molecule has 1 amide bonds. The van der Waals surface area contributed by atoms with Crippen molar-refractivity contribution in [1.29, 1.82) is 0 Å². The van der Waals surface area contributed by atoms with Crippen LogP contribution in [0.5, 0.6) is 5.75 Å². The van der Waals surface area contributed by atoms with Crippen LogP contribution in [0.3, 0.4) is 0 Å². The minimum atomic E-state index is -0.124. The van der Waals surface area contributed by atoms with E-state index in [0.29, 0.717) is 18.0 Å². The standard InChI is InChI=1S/C21H35N5O2.HI/c1-16(27)25-18-13-17(9-10-19(18)28-5)14-23-20(22-4)24-15-21(2,3)26-11-7-6-8-12-26;/h9-10,13H,6-8,11-12,14-15H2,1-5H3,(H,25,27)(H2,22,23,24);1H. The van der Waals surface area contributed by atoms with Crippen LogP contribution < -0.4 is 20.7 Å². The van der Waals surface area contributed by atoms with E-state index in [-0.39, 0.29) is 35.4 Å². The molecule has 0 bridgehead atoms. The van der Waals surface area contributed by atoms with E-state index in [2.05, 4.69) is 39.7 Å². The molecule has 1 heterocycles. The Balaban J connectivity index is 0.00000420. The summed E-state index contributed by atoms with van der Waals surface area (Å²) >= 11 is 0. The Kier molecular flexibility index (Phi) is 10.7. The minimum absolute atomic E-state index is 0. The number of benzene rings is 1. The third-order valence-electron chi connectivity index (χ3n) is 5.16. The molecular formula is C21H36IN5O2. The van der Waals surface area contributed by atoms with Crippen LogP contribution in [0.25, 0.3) is 0 Å². The van der Waals surface area contributed by atoms with Gasteiger partial charge in [-0.3, -0.25) is 14.7 Å². The zero-order valence-electron chi connectivity index (χ0n) is 18.3. The summed E-state index contributed by atoms with van der Waals surface area (Å²) in [5, 5.41) is 9.60. The molecule has 7 nitrogen and oxygen atoms in total. The highest BCUT2D eigenvalue weighted by Crippen LogP contribution is 2.25. The van der Waals surface area contributed by atoms with Crippen LogP contribution in [0.4, 0.5) is 5.69 Å². The number of methoxy groups -OCH3 is 1. The number of guanidine groups is 1. The molecule has 0 spiro atoms. The predicted molar refractivity (Wildman–Crippen MR) is 130 cm³/mol. The average molecular weight is 517 g/mol. The number of nitrogens with zero attached hydrogens (tertiary/aromatic N) is 2. The summed E-state index contributed by atoms with van der Waals surface area (Å²) in [7, 11) is 3.37. The van der Waals surface area contributed by atoms with Crippen LogP contribution in [0.2, 0.25) is 0 Å². The maximum atomic E-state index is 11.4. The second-order valence-electron chi connectivity index (χ2n) is 7.86. The number of rotatable bonds is 7. The number of anilines is 1. The zero-order chi connectivity index (χ0) is 20.6. The molecule has 2 rings (SSSR count). The highest BCUT2D eigenvalue weighted by atomic mass is 127. The molecule has 1 aromatic rings. The number of likely N-dealkylation sites (tertiary alicyclic amines) is 1. The van der Waals surface area contributed by atoms with E-state index < -0.39 is 0 Å². The molecule has 0 radical (unpaired) electrons. The molecule has 1 aliphatic rings. The summed E-state index contributed by atoms with van der Waals surface area (Å²) in [6.07, 6.45) is 3.90. The summed E-state index contributed by atoms with van der Waals surface area (Å²) in [5.41, 5.74) is 1.78. The Morgan fingerprint density at radius 1 is 1.21 bits per heavy atom. The van der Waals surface area contributed by atoms with Gasteiger partial charge in [-0.1, -0.05) is 12.5 Å². The van der Waals surface area contributed by atoms with E-state index in [1.54, 1.807) is 14.2 Å². The predicted octanol–water partition coefficient (Wildman–Crippen LogP) is 3.20. The van der Waals surface area contributed by atoms with Gasteiger partial charge in [0.1, 0.15) is 5.75 Å². The molecule has 29 heavy (non-hydrogen) atoms. The number of carbonyl (C=O) groups is 1. The van der Waals surface area contributed by atoms with Gasteiger partial charge < -0.3 is 20.7 Å². The molecule has 1 saturated heterocycles. The quantitative estimate of drug-likeness (QED) is 0.294. The van der Waals surface area contributed by atoms with E-state index in [1.807, 2.05) is 18.2 Å². The molecule has 164 valence electrons. The summed E-state index contributed by atoms with van der Waals surface area (Å²) in [4.78, 5) is 18.3. The van der Waals surface area contributed by atoms with E-state index in [0.717, 1.165) is 18.1 Å². The first-order chi connectivity index (χ1) is 13.4. The summed E-state index contributed by atoms with van der Waals surface area (Å²) in [6.45, 7) is 9.80. The zero-order valence-corrected chi connectivity index (χ0v) is 20.6. The van der Waals surface area contributed by atoms with Gasteiger partial charge in [0.15, 0.2) is 5.96 Å². The van der Waals surface area contributed by atoms with Gasteiger partial charge in [0.2, 0.25) is 5.91 Å². The number of nitrogens with one attached hydrogen (secondary N) is 3. The van der Waals surface area contributed by atoms with E-state index >= 15 is 0 Å². The maximum Gasteiger partial charge on any atom is 0.221 e. The number of hydrogen-bond donors (Lipinski definition) is 3. The number of aliphatic imine (C=N–C) groups is 1. The highest BCUT2D eigenvalue weighted by Gasteiger charge is 2.27. The lowest BCUT2D eigenvalue weighted by molar-refractivity contribution is -0.114. The number of hydrogen-bond acceptors (Lipinski definition) is 4. The van der Waals surface area contributed by atoms with Gasteiger partial charge in [0, 0.05) is 32.6 Å². The molecular weight excluding hydrogens is 481 g/mol. The summed E-state index contributed by atoms with van der Waals surface area (Å²) in [5.74, 6) is 1.28. The smallest absolute Gasteiger partial charge is 0.221 e. The van der Waals surface area contributed by atoms with Gasteiger partial charge in [0.05, 0.1) is 12.8 Å². The fourth-order valence-electron chi connectivity index (χ4n) is 3.47. The molecule has 1 aromatic carbocycles. The molecule has 3 N–H and O–H groups in total. The van der Waals surface area contributed by atoms with Crippen molar-refractivity contribution in [2.75, 3.05) is 39.1 Å². The number of halogens is 1. The van der Waals surface area contributed by atoms with Crippen molar-refractivity contribution in [2.24, 2.45) is 4.99 Å². The Morgan fingerprint density at radius 3 is 2.48 bits per heavy atom. The molecule has 1 aliphatic heterocycles. The van der Waals surface area contributed by atoms with Gasteiger partial charge in [-0.2, -0.15) is 0 Å². The van der Waals surface area contributed by atoms with Gasteiger partial charge in [-0.05, 0) is 57.5 Å². The number of carbonyl (C=O) groups excluding carboxylic acids is 1. The fourth-order valence-corrected chi connectivity index (χ4v) is 3.47. The topological polar surface area (TPSA) is 78.0 Å². The highest BCUT2D eigenvalue weighted by molar-refractivity contribution is 14.0. The lowest BCUT2D eigenvalue weighted by atomic mass is 9.98. The van der Waals surface area contributed by atoms with Gasteiger partial charge in [-0.25, -0.2) is 0 Å². The van der Waals surface area contributed by atoms with Crippen LogP contribution >= 0.6 is 24.0 Å². The van der Waals surface area contributed by atoms with E-state index in [1.165, 1.54) is 39.3 Å². The largest absolute Gasteiger partial charge is 0.495 e. The van der Waals surface area contributed by atoms with Gasteiger partial charge in [0.25, 0.3) is 0 Å². The third kappa shape index (κ3) is 8.00. The second-order valence-corrected chi connectivity index (χ2v) is 7.86. The molecule has 0 atom stereocenters. The van der Waals surface area contributed by atoms with Crippen molar-refractivity contribution in [3.05, 3.63) is 23.8 Å². The normalized spacial score (nSPS) is 15.3. The first-order valence-electron chi connectivity index (χ1n) is 10.00. The summed E-state index contributed by atoms with van der Waals surface area (Å²) in [6, 6.07) is 5.75. The summed E-state index contributed by atoms with van der Waals surface area (Å²) < 4.78 is 5.31. The molecule has 0 saturated carbocycles. The van der Waals surface area contributed by atoms with Crippen LogP contribution in [0.1, 0.15) is 45.6 Å². The molecule has 0 aliphatic carbocycles. The molecule has 8 heteroatoms. The fraction of sp³-hybridized carbons (Fsp3) is 0.619. The van der Waals surface area contributed by atoms with E-state index in [9.17, 15) is 4.79 Å². The average Bonchev–Trinajstić information content (AvgIpc) is 2.68. The SMILES string of the molecule is CN=C(NCc1ccc(OC)c(NC(C)=O)c1)NCC(C)(C)N1CCCCC1.I. The van der Waals surface area contributed by atoms with Gasteiger partial charge >= 0.3 is 0 Å². The lowest BCUT2D eigenvalue weighted by Gasteiger charge is -2.41. The Bertz CT molecular complexity index is 688. The van der Waals surface area contributed by atoms with E-state index in [4.69, 9.17) is 4.74 Å². The van der Waals surface area contributed by atoms with Crippen molar-refractivity contribution < 1.29 is 9.53 Å². The lowest BCUT2D eigenvalue weighted by Crippen LogP contribution is -2.54. The number of amides is 1. The van der Waals surface area contributed by atoms with Crippen molar-refractivity contribution in [1.82, 2.24) is 15.5 Å². The van der Waals surface area contributed by atoms with Crippen molar-refractivity contribution in [3.63, 3.8) is 0 Å². The van der Waals surface area contributed by atoms with Crippen molar-refractivity contribution in [3.8, 4) is 5.75 Å². The Morgan fingerprint density at radius 2 is 1.90 bits per heavy atom. The molecule has 0 unspecified atom stereocenters. The first-order valence-corrected chi connectivity index (χ1v) is 10.00. The Labute approximate surface area is 192 Å². The minimum Gasteiger partial charge on any atom is -0.495 e. The molecule has 1 fully saturated rings. The van der Waals surface area contributed by atoms with Crippen LogP contribution in [0, 0.1) is 0 Å². The van der Waals surface area contributed by atoms with Crippen molar-refractivity contribution in [2.45, 2.75) is 52.1 Å². The van der Waals surface area contributed by atoms with Crippen molar-refractivity contribution >= 4 is 41.5 Å². The van der Waals surface area contributed by atoms with Crippen LogP contribution in [-0.4, -0.2) is 56.1 Å². The third-order valence-corrected chi connectivity index (χ3v) is 5.16. The van der Waals surface area contributed by atoms with Crippen LogP contribution in [0.15, 0.2) is 23.2 Å². The maximum absolute atomic E-state index is 11.4. The second kappa shape index (κ2) is 12.2. The number of piperidine rings is 1. The van der Waals surface area contributed by atoms with Crippen LogP contribution in [-0.2, 0) is 11.3 Å². The van der Waals surface area contributed by atoms with Gasteiger partial charge in [-0.15, -0.1) is 24.0 Å². The monoisotopic (exact) mass is 517 g/mol. The molecule has 0 aromatic heterocycles.